The van der Waals surface area contributed by atoms with E-state index in [2.05, 4.69) is 19.5 Å². The van der Waals surface area contributed by atoms with Crippen molar-refractivity contribution in [3.05, 3.63) is 24.3 Å². The second-order valence-corrected chi connectivity index (χ2v) is 5.52. The average molecular weight is 300 g/mol. The van der Waals surface area contributed by atoms with Crippen LogP contribution < -0.4 is 0 Å². The van der Waals surface area contributed by atoms with Crippen LogP contribution in [0, 0.1) is 0 Å². The van der Waals surface area contributed by atoms with Gasteiger partial charge in [0.25, 0.3) is 0 Å². The Kier molecular flexibility index (Phi) is 2.78. The molecule has 0 aliphatic carbocycles. The molecule has 1 atom stereocenters. The molecule has 1 unspecified atom stereocenters. The van der Waals surface area contributed by atoms with Crippen LogP contribution in [0.5, 0.6) is 0 Å². The molecule has 3 aromatic rings. The third-order valence-electron chi connectivity index (χ3n) is 4.33. The van der Waals surface area contributed by atoms with Crippen molar-refractivity contribution in [1.82, 2.24) is 29.0 Å². The summed E-state index contributed by atoms with van der Waals surface area (Å²) in [5, 5.41) is 13.5. The monoisotopic (exact) mass is 300 g/mol. The first-order valence-corrected chi connectivity index (χ1v) is 7.34. The number of rotatable bonds is 2. The SMILES string of the molecule is CCn1ncc2c1ncc1ncc(C3CCN(C(=O)O)C3)n12. The van der Waals surface area contributed by atoms with Gasteiger partial charge < -0.3 is 10.0 Å². The predicted octanol–water partition coefficient (Wildman–Crippen LogP) is 1.57. The zero-order chi connectivity index (χ0) is 15.3. The fraction of sp³-hybridized carbons (Fsp3) is 0.429. The molecule has 3 aromatic heterocycles. The van der Waals surface area contributed by atoms with Gasteiger partial charge in [-0.05, 0) is 13.3 Å². The Morgan fingerprint density at radius 3 is 2.95 bits per heavy atom. The number of fused-ring (bicyclic) bond motifs is 3. The number of hydrogen-bond donors (Lipinski definition) is 1. The Morgan fingerprint density at radius 2 is 2.23 bits per heavy atom. The van der Waals surface area contributed by atoms with Crippen molar-refractivity contribution in [2.75, 3.05) is 13.1 Å². The van der Waals surface area contributed by atoms with E-state index in [0.717, 1.165) is 35.5 Å². The maximum Gasteiger partial charge on any atom is 0.407 e. The summed E-state index contributed by atoms with van der Waals surface area (Å²) in [6, 6.07) is 0. The lowest BCUT2D eigenvalue weighted by Crippen LogP contribution is -2.26. The molecule has 4 rings (SSSR count). The largest absolute Gasteiger partial charge is 0.465 e. The van der Waals surface area contributed by atoms with Crippen LogP contribution in [-0.4, -0.2) is 53.3 Å². The summed E-state index contributed by atoms with van der Waals surface area (Å²) in [5.74, 6) is 0.154. The topological polar surface area (TPSA) is 88.5 Å². The van der Waals surface area contributed by atoms with Crippen LogP contribution in [-0.2, 0) is 6.54 Å². The zero-order valence-corrected chi connectivity index (χ0v) is 12.2. The van der Waals surface area contributed by atoms with Gasteiger partial charge in [-0.2, -0.15) is 5.10 Å². The maximum absolute atomic E-state index is 11.1. The van der Waals surface area contributed by atoms with Gasteiger partial charge in [-0.15, -0.1) is 0 Å². The van der Waals surface area contributed by atoms with Crippen molar-refractivity contribution in [2.45, 2.75) is 25.8 Å². The Balaban J connectivity index is 1.85. The predicted molar refractivity (Wildman–Crippen MR) is 78.9 cm³/mol. The van der Waals surface area contributed by atoms with Crippen LogP contribution in [0.4, 0.5) is 4.79 Å². The minimum atomic E-state index is -0.859. The summed E-state index contributed by atoms with van der Waals surface area (Å²) in [6.07, 6.45) is 5.32. The summed E-state index contributed by atoms with van der Waals surface area (Å²) < 4.78 is 3.90. The summed E-state index contributed by atoms with van der Waals surface area (Å²) in [7, 11) is 0. The number of imidazole rings is 1. The fourth-order valence-corrected chi connectivity index (χ4v) is 3.21. The van der Waals surface area contributed by atoms with E-state index in [1.807, 2.05) is 17.8 Å². The molecule has 0 spiro atoms. The van der Waals surface area contributed by atoms with Gasteiger partial charge in [0.05, 0.1) is 12.4 Å². The zero-order valence-electron chi connectivity index (χ0n) is 12.2. The second-order valence-electron chi connectivity index (χ2n) is 5.52. The highest BCUT2D eigenvalue weighted by molar-refractivity contribution is 5.74. The third-order valence-corrected chi connectivity index (χ3v) is 4.33. The van der Waals surface area contributed by atoms with Gasteiger partial charge in [0.1, 0.15) is 5.52 Å². The fourth-order valence-electron chi connectivity index (χ4n) is 3.21. The van der Waals surface area contributed by atoms with E-state index in [9.17, 15) is 4.79 Å². The van der Waals surface area contributed by atoms with E-state index >= 15 is 0 Å². The van der Waals surface area contributed by atoms with E-state index in [4.69, 9.17) is 5.11 Å². The van der Waals surface area contributed by atoms with E-state index in [-0.39, 0.29) is 5.92 Å². The molecule has 0 bridgehead atoms. The molecule has 8 heteroatoms. The minimum Gasteiger partial charge on any atom is -0.465 e. The molecule has 4 heterocycles. The molecule has 0 saturated carbocycles. The van der Waals surface area contributed by atoms with Crippen molar-refractivity contribution < 1.29 is 9.90 Å². The normalized spacial score (nSPS) is 18.6. The Hall–Kier alpha value is -2.64. The second kappa shape index (κ2) is 4.69. The molecular formula is C14H16N6O2. The molecular weight excluding hydrogens is 284 g/mol. The van der Waals surface area contributed by atoms with E-state index in [0.29, 0.717) is 13.1 Å². The molecule has 114 valence electrons. The van der Waals surface area contributed by atoms with Gasteiger partial charge in [0, 0.05) is 37.4 Å². The lowest BCUT2D eigenvalue weighted by atomic mass is 10.1. The maximum atomic E-state index is 11.1. The highest BCUT2D eigenvalue weighted by Crippen LogP contribution is 2.29. The molecule has 22 heavy (non-hydrogen) atoms. The summed E-state index contributed by atoms with van der Waals surface area (Å²) in [6.45, 7) is 3.85. The van der Waals surface area contributed by atoms with Crippen LogP contribution in [0.1, 0.15) is 25.0 Å². The van der Waals surface area contributed by atoms with Gasteiger partial charge in [-0.1, -0.05) is 0 Å². The highest BCUT2D eigenvalue weighted by Gasteiger charge is 2.29. The number of carboxylic acid groups (broad SMARTS) is 1. The van der Waals surface area contributed by atoms with Crippen molar-refractivity contribution >= 4 is 22.9 Å². The number of aryl methyl sites for hydroxylation is 1. The van der Waals surface area contributed by atoms with E-state index in [1.165, 1.54) is 4.90 Å². The average Bonchev–Trinajstić information content (AvgIpc) is 3.22. The number of nitrogens with zero attached hydrogens (tertiary/aromatic N) is 6. The number of hydrogen-bond acceptors (Lipinski definition) is 4. The number of carbonyl (C=O) groups is 1. The third kappa shape index (κ3) is 1.76. The molecule has 0 aromatic carbocycles. The van der Waals surface area contributed by atoms with Gasteiger partial charge in [0.2, 0.25) is 0 Å². The van der Waals surface area contributed by atoms with Crippen LogP contribution in [0.2, 0.25) is 0 Å². The first-order chi connectivity index (χ1) is 10.7. The minimum absolute atomic E-state index is 0.154. The lowest BCUT2D eigenvalue weighted by Gasteiger charge is -2.12. The number of aromatic nitrogens is 5. The Morgan fingerprint density at radius 1 is 1.36 bits per heavy atom. The molecule has 1 saturated heterocycles. The standard InChI is InChI=1S/C14H16N6O2/c1-2-19-13-11(6-17-19)20-10(5-15-12(20)7-16-13)9-3-4-18(8-9)14(21)22/h5-7,9H,2-4,8H2,1H3,(H,21,22). The molecule has 0 radical (unpaired) electrons. The van der Waals surface area contributed by atoms with Crippen molar-refractivity contribution in [2.24, 2.45) is 0 Å². The quantitative estimate of drug-likeness (QED) is 0.776. The highest BCUT2D eigenvalue weighted by atomic mass is 16.4. The summed E-state index contributed by atoms with van der Waals surface area (Å²) in [5.41, 5.74) is 3.54. The molecule has 1 aliphatic rings. The van der Waals surface area contributed by atoms with Crippen LogP contribution in [0.3, 0.4) is 0 Å². The van der Waals surface area contributed by atoms with Crippen molar-refractivity contribution in [3.8, 4) is 0 Å². The summed E-state index contributed by atoms with van der Waals surface area (Å²) >= 11 is 0. The summed E-state index contributed by atoms with van der Waals surface area (Å²) in [4.78, 5) is 21.4. The molecule has 8 nitrogen and oxygen atoms in total. The Bertz CT molecular complexity index is 867. The molecule has 1 fully saturated rings. The number of amides is 1. The van der Waals surface area contributed by atoms with E-state index < -0.39 is 6.09 Å². The first-order valence-electron chi connectivity index (χ1n) is 7.34. The van der Waals surface area contributed by atoms with Crippen molar-refractivity contribution in [1.29, 1.82) is 0 Å². The van der Waals surface area contributed by atoms with Crippen LogP contribution in [0.15, 0.2) is 18.6 Å². The van der Waals surface area contributed by atoms with Gasteiger partial charge in [0.15, 0.2) is 11.3 Å². The van der Waals surface area contributed by atoms with Gasteiger partial charge in [-0.3, -0.25) is 4.40 Å². The van der Waals surface area contributed by atoms with E-state index in [1.54, 1.807) is 12.4 Å². The van der Waals surface area contributed by atoms with Gasteiger partial charge in [-0.25, -0.2) is 19.4 Å². The molecule has 1 amide bonds. The Labute approximate surface area is 126 Å². The molecule has 1 N–H and O–H groups in total. The lowest BCUT2D eigenvalue weighted by molar-refractivity contribution is 0.155. The van der Waals surface area contributed by atoms with Crippen LogP contribution in [0.25, 0.3) is 16.8 Å². The smallest absolute Gasteiger partial charge is 0.407 e. The van der Waals surface area contributed by atoms with Crippen molar-refractivity contribution in [3.63, 3.8) is 0 Å². The van der Waals surface area contributed by atoms with Gasteiger partial charge >= 0.3 is 6.09 Å². The molecule has 1 aliphatic heterocycles. The number of likely N-dealkylation sites (tertiary alicyclic amines) is 1. The van der Waals surface area contributed by atoms with Crippen LogP contribution >= 0.6 is 0 Å². The first kappa shape index (κ1) is 13.1.